The predicted octanol–water partition coefficient (Wildman–Crippen LogP) is 0.960. The molecule has 0 atom stereocenters. The van der Waals surface area contributed by atoms with Gasteiger partial charge in [-0.15, -0.1) is 0 Å². The van der Waals surface area contributed by atoms with E-state index >= 15 is 0 Å². The Bertz CT molecular complexity index is 662. The van der Waals surface area contributed by atoms with E-state index in [1.54, 1.807) is 12.1 Å². The van der Waals surface area contributed by atoms with E-state index in [-0.39, 0.29) is 23.3 Å². The van der Waals surface area contributed by atoms with Crippen molar-refractivity contribution in [2.75, 3.05) is 0 Å². The van der Waals surface area contributed by atoms with Gasteiger partial charge >= 0.3 is 0 Å². The molecule has 2 amide bonds. The number of thiocarbonyl (C=S) groups is 1. The minimum absolute atomic E-state index is 0.0309. The summed E-state index contributed by atoms with van der Waals surface area (Å²) in [6.07, 6.45) is 3.23. The average molecular weight is 314 g/mol. The van der Waals surface area contributed by atoms with E-state index < -0.39 is 0 Å². The fourth-order valence-corrected chi connectivity index (χ4v) is 1.84. The van der Waals surface area contributed by atoms with Crippen LogP contribution in [-0.4, -0.2) is 21.9 Å². The Kier molecular flexibility index (Phi) is 5.56. The molecule has 1 aromatic carbocycles. The summed E-state index contributed by atoms with van der Waals surface area (Å²) in [6.45, 7) is 0. The second-order valence-electron chi connectivity index (χ2n) is 4.35. The van der Waals surface area contributed by atoms with Crippen molar-refractivity contribution in [3.05, 3.63) is 66.0 Å². The van der Waals surface area contributed by atoms with Crippen LogP contribution in [0.2, 0.25) is 0 Å². The third kappa shape index (κ3) is 4.95. The maximum absolute atomic E-state index is 11.8. The highest BCUT2D eigenvalue weighted by atomic mass is 32.1. The number of hydrogen-bond donors (Lipinski definition) is 3. The zero-order valence-corrected chi connectivity index (χ0v) is 12.4. The highest BCUT2D eigenvalue weighted by molar-refractivity contribution is 7.80. The van der Waals surface area contributed by atoms with Gasteiger partial charge in [-0.2, -0.15) is 0 Å². The molecular formula is C15H14N4O2S. The predicted molar refractivity (Wildman–Crippen MR) is 85.7 cm³/mol. The van der Waals surface area contributed by atoms with E-state index in [0.717, 1.165) is 5.56 Å². The molecule has 0 radical (unpaired) electrons. The van der Waals surface area contributed by atoms with E-state index in [1.807, 2.05) is 30.3 Å². The molecule has 22 heavy (non-hydrogen) atoms. The maximum atomic E-state index is 11.8. The Hall–Kier alpha value is -2.80. The van der Waals surface area contributed by atoms with Gasteiger partial charge in [0.1, 0.15) is 0 Å². The van der Waals surface area contributed by atoms with Gasteiger partial charge in [-0.25, -0.2) is 0 Å². The smallest absolute Gasteiger partial charge is 0.269 e. The highest BCUT2D eigenvalue weighted by Gasteiger charge is 2.08. The van der Waals surface area contributed by atoms with Crippen molar-refractivity contribution in [1.29, 1.82) is 0 Å². The molecule has 0 fully saturated rings. The van der Waals surface area contributed by atoms with Crippen LogP contribution in [0, 0.1) is 0 Å². The van der Waals surface area contributed by atoms with Gasteiger partial charge in [0, 0.05) is 18.0 Å². The molecule has 6 nitrogen and oxygen atoms in total. The van der Waals surface area contributed by atoms with Crippen molar-refractivity contribution >= 4 is 29.1 Å². The number of benzene rings is 1. The van der Waals surface area contributed by atoms with E-state index in [1.165, 1.54) is 12.4 Å². The number of nitrogens with one attached hydrogen (secondary N) is 3. The second kappa shape index (κ2) is 7.84. The SMILES string of the molecule is O=C(Cc1ccccc1)NC(=S)NNC(=O)c1ccncc1. The highest BCUT2D eigenvalue weighted by Crippen LogP contribution is 1.99. The third-order valence-corrected chi connectivity index (χ3v) is 2.90. The van der Waals surface area contributed by atoms with Crippen LogP contribution in [0.25, 0.3) is 0 Å². The molecule has 1 aromatic heterocycles. The molecule has 3 N–H and O–H groups in total. The van der Waals surface area contributed by atoms with Crippen LogP contribution < -0.4 is 16.2 Å². The quantitative estimate of drug-likeness (QED) is 0.580. The van der Waals surface area contributed by atoms with E-state index in [0.29, 0.717) is 5.56 Å². The minimum Gasteiger partial charge on any atom is -0.302 e. The lowest BCUT2D eigenvalue weighted by molar-refractivity contribution is -0.119. The number of nitrogens with zero attached hydrogens (tertiary/aromatic N) is 1. The van der Waals surface area contributed by atoms with Crippen LogP contribution >= 0.6 is 12.2 Å². The first kappa shape index (κ1) is 15.6. The van der Waals surface area contributed by atoms with Gasteiger partial charge < -0.3 is 5.32 Å². The van der Waals surface area contributed by atoms with E-state index in [2.05, 4.69) is 21.2 Å². The van der Waals surface area contributed by atoms with Crippen molar-refractivity contribution in [2.45, 2.75) is 6.42 Å². The number of carbonyl (C=O) groups is 2. The first-order chi connectivity index (χ1) is 10.6. The monoisotopic (exact) mass is 314 g/mol. The van der Waals surface area contributed by atoms with Crippen LogP contribution in [0.3, 0.4) is 0 Å². The van der Waals surface area contributed by atoms with Crippen LogP contribution in [0.4, 0.5) is 0 Å². The molecule has 2 aromatic rings. The molecule has 0 saturated carbocycles. The van der Waals surface area contributed by atoms with Gasteiger partial charge in [-0.05, 0) is 29.9 Å². The van der Waals surface area contributed by atoms with Crippen molar-refractivity contribution < 1.29 is 9.59 Å². The summed E-state index contributed by atoms with van der Waals surface area (Å²) in [7, 11) is 0. The number of carbonyl (C=O) groups excluding carboxylic acids is 2. The van der Waals surface area contributed by atoms with Crippen LogP contribution in [0.1, 0.15) is 15.9 Å². The molecule has 0 unspecified atom stereocenters. The van der Waals surface area contributed by atoms with Crippen molar-refractivity contribution in [2.24, 2.45) is 0 Å². The van der Waals surface area contributed by atoms with Gasteiger partial charge in [0.05, 0.1) is 6.42 Å². The summed E-state index contributed by atoms with van der Waals surface area (Å²) < 4.78 is 0. The van der Waals surface area contributed by atoms with Gasteiger partial charge in [0.2, 0.25) is 5.91 Å². The number of amides is 2. The molecule has 0 bridgehead atoms. The molecule has 112 valence electrons. The molecule has 0 saturated heterocycles. The molecule has 0 aliphatic carbocycles. The molecule has 0 spiro atoms. The van der Waals surface area contributed by atoms with Crippen molar-refractivity contribution in [3.63, 3.8) is 0 Å². The second-order valence-corrected chi connectivity index (χ2v) is 4.76. The molecule has 1 heterocycles. The van der Waals surface area contributed by atoms with Crippen LogP contribution in [-0.2, 0) is 11.2 Å². The largest absolute Gasteiger partial charge is 0.302 e. The Morgan fingerprint density at radius 1 is 1.00 bits per heavy atom. The standard InChI is InChI=1S/C15H14N4O2S/c20-13(10-11-4-2-1-3-5-11)17-15(22)19-18-14(21)12-6-8-16-9-7-12/h1-9H,10H2,(H,18,21)(H2,17,19,20,22). The minimum atomic E-state index is -0.373. The maximum Gasteiger partial charge on any atom is 0.269 e. The summed E-state index contributed by atoms with van der Waals surface area (Å²) in [5.41, 5.74) is 6.18. The first-order valence-corrected chi connectivity index (χ1v) is 6.90. The number of pyridine rings is 1. The van der Waals surface area contributed by atoms with Gasteiger partial charge in [-0.3, -0.25) is 25.4 Å². The summed E-state index contributed by atoms with van der Waals surface area (Å²) >= 11 is 4.94. The Labute approximate surface area is 132 Å². The Balaban J connectivity index is 1.76. The zero-order valence-electron chi connectivity index (χ0n) is 11.6. The molecule has 7 heteroatoms. The number of aromatic nitrogens is 1. The summed E-state index contributed by atoms with van der Waals surface area (Å²) in [5, 5.41) is 2.52. The average Bonchev–Trinajstić information content (AvgIpc) is 2.54. The number of rotatable bonds is 3. The normalized spacial score (nSPS) is 9.64. The molecular weight excluding hydrogens is 300 g/mol. The Morgan fingerprint density at radius 2 is 1.68 bits per heavy atom. The van der Waals surface area contributed by atoms with E-state index in [9.17, 15) is 9.59 Å². The fraction of sp³-hybridized carbons (Fsp3) is 0.0667. The number of hydrogen-bond acceptors (Lipinski definition) is 4. The van der Waals surface area contributed by atoms with Crippen LogP contribution in [0.5, 0.6) is 0 Å². The lowest BCUT2D eigenvalue weighted by Crippen LogP contribution is -2.48. The van der Waals surface area contributed by atoms with Gasteiger partial charge in [0.15, 0.2) is 5.11 Å². The van der Waals surface area contributed by atoms with E-state index in [4.69, 9.17) is 12.2 Å². The first-order valence-electron chi connectivity index (χ1n) is 6.49. The topological polar surface area (TPSA) is 83.1 Å². The molecule has 2 rings (SSSR count). The molecule has 0 aliphatic heterocycles. The third-order valence-electron chi connectivity index (χ3n) is 2.69. The molecule has 0 aliphatic rings. The van der Waals surface area contributed by atoms with Crippen molar-refractivity contribution in [1.82, 2.24) is 21.2 Å². The lowest BCUT2D eigenvalue weighted by atomic mass is 10.1. The van der Waals surface area contributed by atoms with Crippen LogP contribution in [0.15, 0.2) is 54.9 Å². The van der Waals surface area contributed by atoms with Gasteiger partial charge in [-0.1, -0.05) is 30.3 Å². The summed E-state index contributed by atoms with van der Waals surface area (Å²) in [4.78, 5) is 27.3. The number of hydrazine groups is 1. The van der Waals surface area contributed by atoms with Crippen molar-refractivity contribution in [3.8, 4) is 0 Å². The zero-order chi connectivity index (χ0) is 15.8. The summed E-state index contributed by atoms with van der Waals surface area (Å²) in [5.74, 6) is -0.635. The fourth-order valence-electron chi connectivity index (χ4n) is 1.67. The van der Waals surface area contributed by atoms with Gasteiger partial charge in [0.25, 0.3) is 5.91 Å². The summed E-state index contributed by atoms with van der Waals surface area (Å²) in [6, 6.07) is 12.4. The lowest BCUT2D eigenvalue weighted by Gasteiger charge is -2.10. The Morgan fingerprint density at radius 3 is 2.36 bits per heavy atom.